The van der Waals surface area contributed by atoms with Gasteiger partial charge in [-0.15, -0.1) is 0 Å². The molecule has 0 radical (unpaired) electrons. The summed E-state index contributed by atoms with van der Waals surface area (Å²) in [6, 6.07) is 12.0. The molecule has 2 aromatic rings. The fourth-order valence-electron chi connectivity index (χ4n) is 1.82. The molecule has 0 saturated carbocycles. The van der Waals surface area contributed by atoms with Gasteiger partial charge in [-0.25, -0.2) is 0 Å². The van der Waals surface area contributed by atoms with E-state index in [9.17, 15) is 9.90 Å². The molecule has 104 valence electrons. The van der Waals surface area contributed by atoms with Crippen LogP contribution in [0.1, 0.15) is 22.8 Å². The van der Waals surface area contributed by atoms with Gasteiger partial charge in [0.1, 0.15) is 11.5 Å². The summed E-state index contributed by atoms with van der Waals surface area (Å²) in [6.07, 6.45) is 0. The standard InChI is InChI=1S/C16H17NO3/c1-3-20-13-9-7-12(8-10-13)16(19)17-14-5-4-6-15(18)11(14)2/h4-10,18H,3H2,1-2H3,(H,17,19). The van der Waals surface area contributed by atoms with Gasteiger partial charge >= 0.3 is 0 Å². The number of nitrogens with one attached hydrogen (secondary N) is 1. The highest BCUT2D eigenvalue weighted by molar-refractivity contribution is 6.04. The van der Waals surface area contributed by atoms with Crippen LogP contribution in [0.3, 0.4) is 0 Å². The lowest BCUT2D eigenvalue weighted by Gasteiger charge is -2.10. The van der Waals surface area contributed by atoms with Gasteiger partial charge in [-0.05, 0) is 50.2 Å². The Balaban J connectivity index is 2.13. The average molecular weight is 271 g/mol. The number of benzene rings is 2. The van der Waals surface area contributed by atoms with Crippen LogP contribution in [0.15, 0.2) is 42.5 Å². The van der Waals surface area contributed by atoms with Crippen molar-refractivity contribution in [2.75, 3.05) is 11.9 Å². The largest absolute Gasteiger partial charge is 0.508 e. The summed E-state index contributed by atoms with van der Waals surface area (Å²) in [7, 11) is 0. The van der Waals surface area contributed by atoms with Crippen LogP contribution in [0, 0.1) is 6.92 Å². The first-order valence-corrected chi connectivity index (χ1v) is 6.44. The minimum absolute atomic E-state index is 0.162. The Labute approximate surface area is 118 Å². The van der Waals surface area contributed by atoms with E-state index >= 15 is 0 Å². The van der Waals surface area contributed by atoms with Crippen molar-refractivity contribution in [3.8, 4) is 11.5 Å². The number of anilines is 1. The molecule has 1 amide bonds. The average Bonchev–Trinajstić information content (AvgIpc) is 2.45. The number of phenolic OH excluding ortho intramolecular Hbond substituents is 1. The van der Waals surface area contributed by atoms with E-state index in [-0.39, 0.29) is 11.7 Å². The zero-order valence-electron chi connectivity index (χ0n) is 11.5. The number of hydrogen-bond donors (Lipinski definition) is 2. The Morgan fingerprint density at radius 2 is 1.90 bits per heavy atom. The van der Waals surface area contributed by atoms with Gasteiger partial charge < -0.3 is 15.2 Å². The Kier molecular flexibility index (Phi) is 4.25. The molecule has 4 heteroatoms. The number of amides is 1. The summed E-state index contributed by atoms with van der Waals surface area (Å²) < 4.78 is 5.33. The number of phenols is 1. The molecule has 0 aromatic heterocycles. The minimum Gasteiger partial charge on any atom is -0.508 e. The zero-order chi connectivity index (χ0) is 14.5. The maximum absolute atomic E-state index is 12.1. The van der Waals surface area contributed by atoms with Gasteiger partial charge in [0.25, 0.3) is 5.91 Å². The van der Waals surface area contributed by atoms with Crippen molar-refractivity contribution >= 4 is 11.6 Å². The number of hydrogen-bond acceptors (Lipinski definition) is 3. The van der Waals surface area contributed by atoms with E-state index in [1.54, 1.807) is 49.4 Å². The van der Waals surface area contributed by atoms with Crippen LogP contribution >= 0.6 is 0 Å². The second-order valence-electron chi connectivity index (χ2n) is 4.36. The first-order valence-electron chi connectivity index (χ1n) is 6.44. The third kappa shape index (κ3) is 3.09. The van der Waals surface area contributed by atoms with Gasteiger partial charge in [-0.2, -0.15) is 0 Å². The number of rotatable bonds is 4. The van der Waals surface area contributed by atoms with Crippen LogP contribution in [0.2, 0.25) is 0 Å². The van der Waals surface area contributed by atoms with Crippen molar-refractivity contribution in [3.05, 3.63) is 53.6 Å². The molecule has 0 bridgehead atoms. The smallest absolute Gasteiger partial charge is 0.255 e. The molecule has 4 nitrogen and oxygen atoms in total. The van der Waals surface area contributed by atoms with Gasteiger partial charge in [-0.1, -0.05) is 6.07 Å². The lowest BCUT2D eigenvalue weighted by molar-refractivity contribution is 0.102. The number of aromatic hydroxyl groups is 1. The first kappa shape index (κ1) is 13.9. The SMILES string of the molecule is CCOc1ccc(C(=O)Nc2cccc(O)c2C)cc1. The van der Waals surface area contributed by atoms with Gasteiger partial charge in [0.15, 0.2) is 0 Å². The fraction of sp³-hybridized carbons (Fsp3) is 0.188. The lowest BCUT2D eigenvalue weighted by atomic mass is 10.1. The third-order valence-electron chi connectivity index (χ3n) is 2.98. The van der Waals surface area contributed by atoms with Gasteiger partial charge in [0.2, 0.25) is 0 Å². The van der Waals surface area contributed by atoms with Crippen LogP contribution in [0.4, 0.5) is 5.69 Å². The monoisotopic (exact) mass is 271 g/mol. The molecule has 0 atom stereocenters. The topological polar surface area (TPSA) is 58.6 Å². The Bertz CT molecular complexity index is 606. The van der Waals surface area contributed by atoms with Crippen molar-refractivity contribution in [1.29, 1.82) is 0 Å². The normalized spacial score (nSPS) is 10.1. The summed E-state index contributed by atoms with van der Waals surface area (Å²) in [5.74, 6) is 0.675. The van der Waals surface area contributed by atoms with Gasteiger partial charge in [0, 0.05) is 16.8 Å². The van der Waals surface area contributed by atoms with Crippen LogP contribution < -0.4 is 10.1 Å². The molecule has 0 aliphatic carbocycles. The molecule has 2 rings (SSSR count). The van der Waals surface area contributed by atoms with E-state index in [2.05, 4.69) is 5.32 Å². The molecule has 0 aliphatic heterocycles. The molecule has 0 fully saturated rings. The zero-order valence-corrected chi connectivity index (χ0v) is 11.5. The van der Waals surface area contributed by atoms with Crippen LogP contribution in [0.5, 0.6) is 11.5 Å². The van der Waals surface area contributed by atoms with Gasteiger partial charge in [-0.3, -0.25) is 4.79 Å². The summed E-state index contributed by atoms with van der Waals surface area (Å²) in [6.45, 7) is 4.25. The molecule has 0 unspecified atom stereocenters. The van der Waals surface area contributed by atoms with E-state index in [1.165, 1.54) is 0 Å². The maximum Gasteiger partial charge on any atom is 0.255 e. The fourth-order valence-corrected chi connectivity index (χ4v) is 1.82. The van der Waals surface area contributed by atoms with E-state index in [1.807, 2.05) is 6.92 Å². The highest BCUT2D eigenvalue weighted by Crippen LogP contribution is 2.24. The van der Waals surface area contributed by atoms with E-state index in [0.29, 0.717) is 23.4 Å². The van der Waals surface area contributed by atoms with Crippen LogP contribution in [0.25, 0.3) is 0 Å². The van der Waals surface area contributed by atoms with Gasteiger partial charge in [0.05, 0.1) is 6.61 Å². The molecule has 20 heavy (non-hydrogen) atoms. The minimum atomic E-state index is -0.221. The van der Waals surface area contributed by atoms with E-state index in [0.717, 1.165) is 5.75 Å². The maximum atomic E-state index is 12.1. The lowest BCUT2D eigenvalue weighted by Crippen LogP contribution is -2.12. The second-order valence-corrected chi connectivity index (χ2v) is 4.36. The van der Waals surface area contributed by atoms with Crippen molar-refractivity contribution in [3.63, 3.8) is 0 Å². The van der Waals surface area contributed by atoms with Crippen molar-refractivity contribution in [1.82, 2.24) is 0 Å². The van der Waals surface area contributed by atoms with Crippen molar-refractivity contribution in [2.45, 2.75) is 13.8 Å². The molecule has 2 aromatic carbocycles. The molecular weight excluding hydrogens is 254 g/mol. The third-order valence-corrected chi connectivity index (χ3v) is 2.98. The highest BCUT2D eigenvalue weighted by Gasteiger charge is 2.09. The molecule has 0 aliphatic rings. The molecule has 0 saturated heterocycles. The second kappa shape index (κ2) is 6.10. The van der Waals surface area contributed by atoms with Crippen LogP contribution in [-0.4, -0.2) is 17.6 Å². The molecule has 0 spiro atoms. The molecule has 0 heterocycles. The summed E-state index contributed by atoms with van der Waals surface area (Å²) in [5, 5.41) is 12.4. The number of carbonyl (C=O) groups excluding carboxylic acids is 1. The predicted molar refractivity (Wildman–Crippen MR) is 78.4 cm³/mol. The van der Waals surface area contributed by atoms with Crippen LogP contribution in [-0.2, 0) is 0 Å². The highest BCUT2D eigenvalue weighted by atomic mass is 16.5. The molecular formula is C16H17NO3. The summed E-state index contributed by atoms with van der Waals surface area (Å²) in [5.41, 5.74) is 1.78. The Morgan fingerprint density at radius 3 is 2.55 bits per heavy atom. The van der Waals surface area contributed by atoms with Crippen molar-refractivity contribution < 1.29 is 14.6 Å². The summed E-state index contributed by atoms with van der Waals surface area (Å²) in [4.78, 5) is 12.1. The Morgan fingerprint density at radius 1 is 1.20 bits per heavy atom. The quantitative estimate of drug-likeness (QED) is 0.896. The summed E-state index contributed by atoms with van der Waals surface area (Å²) >= 11 is 0. The van der Waals surface area contributed by atoms with E-state index in [4.69, 9.17) is 4.74 Å². The molecule has 2 N–H and O–H groups in total. The predicted octanol–water partition coefficient (Wildman–Crippen LogP) is 3.35. The Hall–Kier alpha value is -2.49. The van der Waals surface area contributed by atoms with Crippen molar-refractivity contribution in [2.24, 2.45) is 0 Å². The first-order chi connectivity index (χ1) is 9.61. The number of carbonyl (C=O) groups is 1. The van der Waals surface area contributed by atoms with E-state index < -0.39 is 0 Å². The number of ether oxygens (including phenoxy) is 1.